The zero-order valence-corrected chi connectivity index (χ0v) is 44.4. The van der Waals surface area contributed by atoms with Crippen molar-refractivity contribution in [1.82, 2.24) is 18.7 Å². The van der Waals surface area contributed by atoms with E-state index < -0.39 is 6.85 Å². The molecule has 364 valence electrons. The molecule has 5 nitrogen and oxygen atoms in total. The molecule has 0 atom stereocenters. The minimum Gasteiger partial charge on any atom is -0.0622 e. The number of nitrogens with zero attached hydrogens (tertiary/aromatic N) is 4. The number of hydrogen-bond donors (Lipinski definition) is 0. The number of aromatic nitrogens is 4. The SMILES string of the molecule is [2H]C([2H])([2H])c1cc(-n2c3[c-]c(Oc4[c-]c(-n5[c](=[Pt])n(-c6c(-c7ccccc7)cccc6-c6cc(C(C)(C)C)cc(C(C)(C)C)c6)c6ccccc65)ccc4)ccc3c3cc4c(cc32)CCCC4)ncc1-c1ccccc1. The van der Waals surface area contributed by atoms with Gasteiger partial charge in [0.15, 0.2) is 0 Å². The monoisotopic (exact) mass is 1130 g/mol. The van der Waals surface area contributed by atoms with Crippen LogP contribution in [0.4, 0.5) is 0 Å². The Morgan fingerprint density at radius 3 is 1.81 bits per heavy atom. The summed E-state index contributed by atoms with van der Waals surface area (Å²) in [5, 5.41) is 2.07. The maximum atomic E-state index is 8.68. The Morgan fingerprint density at radius 1 is 0.534 bits per heavy atom. The van der Waals surface area contributed by atoms with E-state index in [4.69, 9.17) is 13.8 Å². The molecule has 73 heavy (non-hydrogen) atoms. The summed E-state index contributed by atoms with van der Waals surface area (Å²) >= 11 is 2.49. The molecule has 0 aliphatic heterocycles. The number of ether oxygens (including phenoxy) is 1. The average molecular weight is 1130 g/mol. The van der Waals surface area contributed by atoms with Gasteiger partial charge in [-0.25, -0.2) is 0 Å². The van der Waals surface area contributed by atoms with Gasteiger partial charge in [-0.1, -0.05) is 30.3 Å². The van der Waals surface area contributed by atoms with Crippen LogP contribution in [0, 0.1) is 22.8 Å². The Morgan fingerprint density at radius 2 is 1.14 bits per heavy atom. The molecule has 0 saturated carbocycles. The molecule has 3 aromatic heterocycles. The molecule has 1 aliphatic rings. The van der Waals surface area contributed by atoms with E-state index in [0.717, 1.165) is 96.0 Å². The third-order valence-electron chi connectivity index (χ3n) is 14.6. The summed E-state index contributed by atoms with van der Waals surface area (Å²) in [6.07, 6.45) is 6.02. The molecule has 0 radical (unpaired) electrons. The van der Waals surface area contributed by atoms with Crippen LogP contribution in [0.3, 0.4) is 0 Å². The number of benzene rings is 8. The van der Waals surface area contributed by atoms with Gasteiger partial charge in [-0.05, 0) is 54.8 Å². The molecule has 8 aromatic carbocycles. The molecular formula is C67H58N4OPt-2. The Kier molecular flexibility index (Phi) is 10.8. The summed E-state index contributed by atoms with van der Waals surface area (Å²) in [6, 6.07) is 66.5. The molecule has 0 spiro atoms. The molecule has 6 heteroatoms. The van der Waals surface area contributed by atoms with Crippen molar-refractivity contribution in [3.8, 4) is 62.1 Å². The van der Waals surface area contributed by atoms with Crippen LogP contribution < -0.4 is 4.74 Å². The number of aryl methyl sites for hydroxylation is 3. The topological polar surface area (TPSA) is 36.9 Å². The second-order valence-corrected chi connectivity index (χ2v) is 22.5. The molecule has 1 aliphatic carbocycles. The molecule has 11 aromatic rings. The van der Waals surface area contributed by atoms with Crippen LogP contribution in [0.1, 0.15) is 86.3 Å². The first-order valence-electron chi connectivity index (χ1n) is 26.8. The van der Waals surface area contributed by atoms with Crippen LogP contribution in [0.25, 0.3) is 83.4 Å². The molecular weight excluding hydrogens is 1070 g/mol. The first-order chi connectivity index (χ1) is 36.5. The number of rotatable bonds is 8. The molecule has 12 rings (SSSR count). The molecule has 0 amide bonds. The molecule has 0 N–H and O–H groups in total. The van der Waals surface area contributed by atoms with Gasteiger partial charge in [-0.2, -0.15) is 0 Å². The zero-order chi connectivity index (χ0) is 52.7. The first-order valence-corrected chi connectivity index (χ1v) is 26.5. The molecule has 0 fully saturated rings. The third-order valence-corrected chi connectivity index (χ3v) is 15.6. The predicted octanol–water partition coefficient (Wildman–Crippen LogP) is 17.2. The Bertz CT molecular complexity index is 4080. The van der Waals surface area contributed by atoms with E-state index in [9.17, 15) is 0 Å². The van der Waals surface area contributed by atoms with Crippen LogP contribution in [-0.4, -0.2) is 18.7 Å². The average Bonchev–Trinajstić information content (AvgIpc) is 3.92. The van der Waals surface area contributed by atoms with Gasteiger partial charge >= 0.3 is 346 Å². The number of fused-ring (bicyclic) bond motifs is 5. The fraction of sp³-hybridized carbons (Fsp3) is 0.194. The molecule has 0 bridgehead atoms. The van der Waals surface area contributed by atoms with Crippen molar-refractivity contribution in [2.24, 2.45) is 0 Å². The van der Waals surface area contributed by atoms with E-state index in [1.54, 1.807) is 12.3 Å². The van der Waals surface area contributed by atoms with Crippen molar-refractivity contribution in [2.75, 3.05) is 0 Å². The molecule has 3 heterocycles. The van der Waals surface area contributed by atoms with Crippen LogP contribution in [-0.2, 0) is 43.0 Å². The minimum atomic E-state index is -2.39. The van der Waals surface area contributed by atoms with Crippen molar-refractivity contribution >= 4 is 32.8 Å². The van der Waals surface area contributed by atoms with Gasteiger partial charge in [0.1, 0.15) is 0 Å². The molecule has 0 unspecified atom stereocenters. The Labute approximate surface area is 444 Å². The normalized spacial score (nSPS) is 13.8. The van der Waals surface area contributed by atoms with Crippen molar-refractivity contribution in [1.29, 1.82) is 0 Å². The fourth-order valence-corrected chi connectivity index (χ4v) is 11.8. The van der Waals surface area contributed by atoms with E-state index >= 15 is 0 Å². The Balaban J connectivity index is 1.00. The quantitative estimate of drug-likeness (QED) is 0.142. The second kappa shape index (κ2) is 18.3. The minimum absolute atomic E-state index is 0.0625. The second-order valence-electron chi connectivity index (χ2n) is 21.5. The summed E-state index contributed by atoms with van der Waals surface area (Å²) < 4.78 is 40.6. The van der Waals surface area contributed by atoms with E-state index in [0.29, 0.717) is 22.9 Å². The summed E-state index contributed by atoms with van der Waals surface area (Å²) in [5.74, 6) is 1.54. The van der Waals surface area contributed by atoms with E-state index in [-0.39, 0.29) is 16.4 Å². The van der Waals surface area contributed by atoms with Gasteiger partial charge in [0.05, 0.1) is 0 Å². The van der Waals surface area contributed by atoms with Gasteiger partial charge in [-0.3, -0.25) is 0 Å². The first kappa shape index (κ1) is 43.3. The summed E-state index contributed by atoms with van der Waals surface area (Å²) in [4.78, 5) is 5.01. The van der Waals surface area contributed by atoms with Crippen molar-refractivity contribution in [3.63, 3.8) is 0 Å². The van der Waals surface area contributed by atoms with Gasteiger partial charge < -0.3 is 0 Å². The Hall–Kier alpha value is -7.33. The number of pyridine rings is 1. The van der Waals surface area contributed by atoms with E-state index in [1.165, 1.54) is 27.8 Å². The number of para-hydroxylation sites is 3. The van der Waals surface area contributed by atoms with Gasteiger partial charge in [0, 0.05) is 15.9 Å². The van der Waals surface area contributed by atoms with Crippen molar-refractivity contribution in [2.45, 2.75) is 84.9 Å². The zero-order valence-electron chi connectivity index (χ0n) is 45.1. The van der Waals surface area contributed by atoms with Crippen LogP contribution >= 0.6 is 0 Å². The third kappa shape index (κ3) is 8.52. The summed E-state index contributed by atoms with van der Waals surface area (Å²) in [5.41, 5.74) is 17.1. The number of imidazole rings is 1. The van der Waals surface area contributed by atoms with Gasteiger partial charge in [0.25, 0.3) is 0 Å². The fourth-order valence-electron chi connectivity index (χ4n) is 10.7. The number of hydrogen-bond acceptors (Lipinski definition) is 2. The predicted molar refractivity (Wildman–Crippen MR) is 297 cm³/mol. The smallest absolute Gasteiger partial charge is 0.0622 e. The van der Waals surface area contributed by atoms with E-state index in [1.807, 2.05) is 48.5 Å². The van der Waals surface area contributed by atoms with Crippen molar-refractivity contribution in [3.05, 3.63) is 220 Å². The summed E-state index contributed by atoms with van der Waals surface area (Å²) in [7, 11) is 0. The maximum absolute atomic E-state index is 8.68. The van der Waals surface area contributed by atoms with E-state index in [2.05, 4.69) is 202 Å². The van der Waals surface area contributed by atoms with Crippen molar-refractivity contribution < 1.29 is 28.2 Å². The van der Waals surface area contributed by atoms with Crippen LogP contribution in [0.15, 0.2) is 176 Å². The molecule has 0 saturated heterocycles. The van der Waals surface area contributed by atoms with Gasteiger partial charge in [0.2, 0.25) is 0 Å². The standard InChI is InChI=1S/C67H58N4O.Pt/c1-44-34-64(68-42-59(44)46-22-12-9-13-23-46)71-62-38-48-25-15-14-24-47(48)37-58(62)57-33-32-54(41-63(57)71)72-53-27-18-26-52(40-53)69-43-70(61-31-17-16-30-60(61)69)65-55(45-20-10-8-11-21-45)28-19-29-56(65)49-35-50(66(2,3)4)39-51(36-49)67(5,6)7;/h8-13,16-23,26-39,42H,14-15,24-25H2,1-7H3;/q-2;/i1D3;. The summed E-state index contributed by atoms with van der Waals surface area (Å²) in [6.45, 7) is 11.4. The van der Waals surface area contributed by atoms with Crippen LogP contribution in [0.2, 0.25) is 0 Å². The van der Waals surface area contributed by atoms with Crippen LogP contribution in [0.5, 0.6) is 11.5 Å². The van der Waals surface area contributed by atoms with Gasteiger partial charge in [-0.15, -0.1) is 0 Å².